The third-order valence-electron chi connectivity index (χ3n) is 12.2. The number of fused-ring (bicyclic) bond motifs is 4. The zero-order valence-corrected chi connectivity index (χ0v) is 31.0. The second-order valence-electron chi connectivity index (χ2n) is 15.4. The molecule has 0 spiro atoms. The normalized spacial score (nSPS) is 25.1. The van der Waals surface area contributed by atoms with Crippen LogP contribution in [0.25, 0.3) is 32.9 Å². The number of hydrogen-bond acceptors (Lipinski definition) is 10. The first-order chi connectivity index (χ1) is 26.0. The van der Waals surface area contributed by atoms with E-state index in [1.165, 1.54) is 32.0 Å². The maximum atomic E-state index is 17.3. The molecule has 11 nitrogen and oxygen atoms in total. The Morgan fingerprint density at radius 2 is 1.85 bits per heavy atom. The lowest BCUT2D eigenvalue weighted by Gasteiger charge is -2.31. The second kappa shape index (κ2) is 14.3. The number of pyridine rings is 1. The Morgan fingerprint density at radius 1 is 1.07 bits per heavy atom. The van der Waals surface area contributed by atoms with Gasteiger partial charge in [0, 0.05) is 64.8 Å². The van der Waals surface area contributed by atoms with Crippen LogP contribution in [0.5, 0.6) is 11.8 Å². The largest absolute Gasteiger partial charge is 0.468 e. The van der Waals surface area contributed by atoms with E-state index in [9.17, 15) is 14.0 Å². The Kier molecular flexibility index (Phi) is 9.62. The summed E-state index contributed by atoms with van der Waals surface area (Å²) in [6.45, 7) is 5.64. The van der Waals surface area contributed by atoms with Crippen LogP contribution in [0.3, 0.4) is 0 Å². The van der Waals surface area contributed by atoms with Gasteiger partial charge in [-0.05, 0) is 85.0 Å². The Balaban J connectivity index is 1.21. The van der Waals surface area contributed by atoms with Crippen molar-refractivity contribution in [3.05, 3.63) is 47.7 Å². The standard InChI is InChI=1S/C40H45F3N6O5/c1-5-29-32(42)8-7-23-13-28(54-21-52-4)14-30(33(23)29)35-34(43)36-31(16-44-35)37(46-39(45-36)53-20-40-9-6-10-49(40)19-27(41)15-40)48-17-25-11-24(12-26(25)18-48)38(51)47(3)22(2)50/h7-8,13-14,16,24-27H,5-6,9-12,15,17-21H2,1-4H3/t24?,25?,26?,27-,40+/m1/s1. The predicted molar refractivity (Wildman–Crippen MR) is 196 cm³/mol. The summed E-state index contributed by atoms with van der Waals surface area (Å²) in [5, 5.41) is 1.56. The maximum absolute atomic E-state index is 17.3. The highest BCUT2D eigenvalue weighted by Gasteiger charge is 2.50. The number of imide groups is 1. The van der Waals surface area contributed by atoms with Gasteiger partial charge in [-0.2, -0.15) is 9.97 Å². The molecule has 0 bridgehead atoms. The number of amides is 2. The number of anilines is 1. The van der Waals surface area contributed by atoms with E-state index in [1.54, 1.807) is 24.4 Å². The Bertz CT molecular complexity index is 2120. The zero-order valence-electron chi connectivity index (χ0n) is 31.0. The number of halogens is 3. The molecular formula is C40H45F3N6O5. The first-order valence-electron chi connectivity index (χ1n) is 18.8. The fourth-order valence-corrected chi connectivity index (χ4v) is 9.50. The second-order valence-corrected chi connectivity index (χ2v) is 15.4. The predicted octanol–water partition coefficient (Wildman–Crippen LogP) is 6.09. The number of hydrogen-bond donors (Lipinski definition) is 0. The number of alkyl halides is 1. The van der Waals surface area contributed by atoms with Gasteiger partial charge in [-0.15, -0.1) is 0 Å². The van der Waals surface area contributed by atoms with Crippen LogP contribution < -0.4 is 14.4 Å². The van der Waals surface area contributed by atoms with Crippen LogP contribution in [0.15, 0.2) is 30.5 Å². The van der Waals surface area contributed by atoms with E-state index < -0.39 is 23.3 Å². The molecule has 1 aliphatic carbocycles. The molecule has 14 heteroatoms. The number of benzene rings is 2. The van der Waals surface area contributed by atoms with Gasteiger partial charge in [0.15, 0.2) is 12.6 Å². The highest BCUT2D eigenvalue weighted by molar-refractivity contribution is 6.02. The van der Waals surface area contributed by atoms with Gasteiger partial charge in [0.1, 0.15) is 41.4 Å². The maximum Gasteiger partial charge on any atom is 0.319 e. The Hall–Kier alpha value is -4.56. The van der Waals surface area contributed by atoms with Crippen LogP contribution >= 0.6 is 0 Å². The van der Waals surface area contributed by atoms with E-state index in [0.717, 1.165) is 19.4 Å². The fourth-order valence-electron chi connectivity index (χ4n) is 9.50. The van der Waals surface area contributed by atoms with E-state index in [4.69, 9.17) is 19.2 Å². The molecular weight excluding hydrogens is 701 g/mol. The smallest absolute Gasteiger partial charge is 0.319 e. The molecule has 1 saturated carbocycles. The lowest BCUT2D eigenvalue weighted by Crippen LogP contribution is -2.43. The van der Waals surface area contributed by atoms with Crippen LogP contribution in [-0.2, 0) is 20.7 Å². The number of methoxy groups -OCH3 is 1. The molecule has 3 saturated heterocycles. The third-order valence-corrected chi connectivity index (χ3v) is 12.2. The fraction of sp³-hybridized carbons (Fsp3) is 0.525. The summed E-state index contributed by atoms with van der Waals surface area (Å²) in [5.41, 5.74) is 0.264. The lowest BCUT2D eigenvalue weighted by atomic mass is 9.94. The van der Waals surface area contributed by atoms with Crippen molar-refractivity contribution < 1.29 is 37.0 Å². The molecule has 54 heavy (non-hydrogen) atoms. The summed E-state index contributed by atoms with van der Waals surface area (Å²) < 4.78 is 64.4. The van der Waals surface area contributed by atoms with Gasteiger partial charge in [0.2, 0.25) is 11.8 Å². The van der Waals surface area contributed by atoms with Crippen molar-refractivity contribution in [2.24, 2.45) is 17.8 Å². The average Bonchev–Trinajstić information content (AvgIpc) is 3.92. The van der Waals surface area contributed by atoms with Crippen LogP contribution in [0, 0.1) is 29.4 Å². The molecule has 0 N–H and O–H groups in total. The number of ether oxygens (including phenoxy) is 3. The van der Waals surface area contributed by atoms with Crippen molar-refractivity contribution in [1.82, 2.24) is 24.8 Å². The van der Waals surface area contributed by atoms with Crippen molar-refractivity contribution in [3.63, 3.8) is 0 Å². The van der Waals surface area contributed by atoms with E-state index in [0.29, 0.717) is 84.2 Å². The lowest BCUT2D eigenvalue weighted by molar-refractivity contribution is -0.144. The first-order valence-corrected chi connectivity index (χ1v) is 18.8. The number of rotatable bonds is 10. The van der Waals surface area contributed by atoms with E-state index in [-0.39, 0.29) is 60.2 Å². The first kappa shape index (κ1) is 36.4. The zero-order chi connectivity index (χ0) is 37.9. The van der Waals surface area contributed by atoms with Gasteiger partial charge in [0.25, 0.3) is 0 Å². The van der Waals surface area contributed by atoms with Crippen molar-refractivity contribution >= 4 is 39.3 Å². The average molecular weight is 747 g/mol. The van der Waals surface area contributed by atoms with Gasteiger partial charge in [-0.1, -0.05) is 13.0 Å². The van der Waals surface area contributed by atoms with E-state index in [1.807, 2.05) is 6.92 Å². The summed E-state index contributed by atoms with van der Waals surface area (Å²) in [4.78, 5) is 44.5. The molecule has 4 fully saturated rings. The summed E-state index contributed by atoms with van der Waals surface area (Å²) in [6, 6.07) is 6.41. The van der Waals surface area contributed by atoms with Crippen LogP contribution in [0.4, 0.5) is 19.0 Å². The highest BCUT2D eigenvalue weighted by atomic mass is 19.1. The molecule has 2 unspecified atom stereocenters. The Morgan fingerprint density at radius 3 is 2.57 bits per heavy atom. The number of aryl methyl sites for hydroxylation is 1. The van der Waals surface area contributed by atoms with Crippen molar-refractivity contribution in [2.75, 3.05) is 58.6 Å². The molecule has 4 aromatic rings. The topological polar surface area (TPSA) is 110 Å². The van der Waals surface area contributed by atoms with E-state index >= 15 is 8.78 Å². The highest BCUT2D eigenvalue weighted by Crippen LogP contribution is 2.46. The van der Waals surface area contributed by atoms with Gasteiger partial charge in [-0.25, -0.2) is 13.2 Å². The van der Waals surface area contributed by atoms with Crippen LogP contribution in [-0.4, -0.2) is 102 Å². The van der Waals surface area contributed by atoms with Crippen molar-refractivity contribution in [3.8, 4) is 23.0 Å². The number of aromatic nitrogens is 3. The molecule has 3 aliphatic heterocycles. The molecule has 2 amide bonds. The summed E-state index contributed by atoms with van der Waals surface area (Å²) in [5.74, 6) is -0.620. The monoisotopic (exact) mass is 746 g/mol. The number of carbonyl (C=O) groups is 2. The molecule has 5 heterocycles. The Labute approximate surface area is 311 Å². The quantitative estimate of drug-likeness (QED) is 0.177. The minimum absolute atomic E-state index is 0.00502. The molecule has 0 radical (unpaired) electrons. The summed E-state index contributed by atoms with van der Waals surface area (Å²) in [6.07, 6.45) is 4.32. The van der Waals surface area contributed by atoms with Crippen molar-refractivity contribution in [1.29, 1.82) is 0 Å². The van der Waals surface area contributed by atoms with Crippen LogP contribution in [0.2, 0.25) is 0 Å². The van der Waals surface area contributed by atoms with Crippen LogP contribution in [0.1, 0.15) is 51.5 Å². The van der Waals surface area contributed by atoms with Gasteiger partial charge >= 0.3 is 6.01 Å². The summed E-state index contributed by atoms with van der Waals surface area (Å²) in [7, 11) is 3.02. The van der Waals surface area contributed by atoms with Gasteiger partial charge in [0.05, 0.1) is 10.9 Å². The minimum Gasteiger partial charge on any atom is -0.468 e. The molecule has 8 rings (SSSR count). The molecule has 286 valence electrons. The molecule has 2 aromatic carbocycles. The van der Waals surface area contributed by atoms with Crippen molar-refractivity contribution in [2.45, 2.75) is 64.1 Å². The minimum atomic E-state index is -0.945. The van der Waals surface area contributed by atoms with Gasteiger partial charge in [-0.3, -0.25) is 24.4 Å². The van der Waals surface area contributed by atoms with Gasteiger partial charge < -0.3 is 19.1 Å². The molecule has 4 atom stereocenters. The molecule has 2 aromatic heterocycles. The number of carbonyl (C=O) groups excluding carboxylic acids is 2. The number of nitrogens with zero attached hydrogens (tertiary/aromatic N) is 6. The SMILES string of the molecule is CCc1c(F)ccc2cc(OCOC)cc(-c3ncc4c(N5CC6CC(C(=O)N(C)C(C)=O)CC6C5)nc(OC[C@@]56CCCN5C[C@H](F)C6)nc4c3F)c12. The molecule has 4 aliphatic rings. The van der Waals surface area contributed by atoms with E-state index in [2.05, 4.69) is 19.8 Å². The summed E-state index contributed by atoms with van der Waals surface area (Å²) >= 11 is 0. The third kappa shape index (κ3) is 6.30.